The van der Waals surface area contributed by atoms with Crippen molar-refractivity contribution in [3.05, 3.63) is 31.3 Å². The van der Waals surface area contributed by atoms with E-state index in [0.717, 1.165) is 0 Å². The zero-order valence-electron chi connectivity index (χ0n) is 5.62. The molecular weight excluding hydrogens is 320 g/mol. The molecule has 1 aromatic rings. The standard InChI is InChI=1S/C7H3Cl2F2I/c8-3-1-4(7(10)11)6(9)5(12)2-3/h1-2,7H. The highest BCUT2D eigenvalue weighted by Gasteiger charge is 2.14. The highest BCUT2D eigenvalue weighted by atomic mass is 127. The highest BCUT2D eigenvalue weighted by Crippen LogP contribution is 2.33. The second-order valence-electron chi connectivity index (χ2n) is 2.09. The second-order valence-corrected chi connectivity index (χ2v) is 4.07. The van der Waals surface area contributed by atoms with Crippen molar-refractivity contribution in [1.29, 1.82) is 0 Å². The SMILES string of the molecule is FC(F)c1cc(Cl)cc(I)c1Cl. The first kappa shape index (κ1) is 10.5. The fraction of sp³-hybridized carbons (Fsp3) is 0.143. The van der Waals surface area contributed by atoms with E-state index < -0.39 is 6.43 Å². The summed E-state index contributed by atoms with van der Waals surface area (Å²) in [6, 6.07) is 2.72. The van der Waals surface area contributed by atoms with Crippen LogP contribution < -0.4 is 0 Å². The Kier molecular flexibility index (Phi) is 3.55. The van der Waals surface area contributed by atoms with Gasteiger partial charge in [-0.15, -0.1) is 0 Å². The molecule has 0 amide bonds. The number of hydrogen-bond acceptors (Lipinski definition) is 0. The predicted molar refractivity (Wildman–Crippen MR) is 54.1 cm³/mol. The van der Waals surface area contributed by atoms with Gasteiger partial charge in [0, 0.05) is 14.2 Å². The minimum atomic E-state index is -2.58. The van der Waals surface area contributed by atoms with Gasteiger partial charge in [0.2, 0.25) is 0 Å². The molecule has 66 valence electrons. The Balaban J connectivity index is 3.28. The molecular formula is C7H3Cl2F2I. The zero-order valence-corrected chi connectivity index (χ0v) is 9.29. The van der Waals surface area contributed by atoms with Crippen molar-refractivity contribution in [2.75, 3.05) is 0 Å². The summed E-state index contributed by atoms with van der Waals surface area (Å²) in [6.45, 7) is 0. The molecule has 0 aliphatic carbocycles. The third-order valence-electron chi connectivity index (χ3n) is 1.26. The van der Waals surface area contributed by atoms with Crippen molar-refractivity contribution in [1.82, 2.24) is 0 Å². The van der Waals surface area contributed by atoms with E-state index >= 15 is 0 Å². The summed E-state index contributed by atoms with van der Waals surface area (Å²) >= 11 is 13.0. The van der Waals surface area contributed by atoms with Crippen molar-refractivity contribution in [3.63, 3.8) is 0 Å². The average molecular weight is 323 g/mol. The molecule has 0 N–H and O–H groups in total. The van der Waals surface area contributed by atoms with Crippen LogP contribution in [0.2, 0.25) is 10.0 Å². The molecule has 0 unspecified atom stereocenters. The van der Waals surface area contributed by atoms with Gasteiger partial charge < -0.3 is 0 Å². The van der Waals surface area contributed by atoms with Crippen LogP contribution in [0, 0.1) is 3.57 Å². The van der Waals surface area contributed by atoms with Crippen LogP contribution in [0.5, 0.6) is 0 Å². The molecule has 0 saturated carbocycles. The first-order chi connectivity index (χ1) is 5.52. The first-order valence-corrected chi connectivity index (χ1v) is 4.78. The van der Waals surface area contributed by atoms with Gasteiger partial charge in [0.15, 0.2) is 0 Å². The molecule has 12 heavy (non-hydrogen) atoms. The van der Waals surface area contributed by atoms with Crippen LogP contribution in [-0.2, 0) is 0 Å². The molecule has 0 aromatic heterocycles. The molecule has 0 fully saturated rings. The van der Waals surface area contributed by atoms with Gasteiger partial charge in [0.25, 0.3) is 6.43 Å². The monoisotopic (exact) mass is 322 g/mol. The van der Waals surface area contributed by atoms with Crippen LogP contribution in [0.3, 0.4) is 0 Å². The Hall–Kier alpha value is 0.390. The fourth-order valence-electron chi connectivity index (χ4n) is 0.735. The van der Waals surface area contributed by atoms with Crippen molar-refractivity contribution in [3.8, 4) is 0 Å². The van der Waals surface area contributed by atoms with E-state index in [0.29, 0.717) is 3.57 Å². The fourth-order valence-corrected chi connectivity index (χ4v) is 1.98. The molecule has 0 spiro atoms. The summed E-state index contributed by atoms with van der Waals surface area (Å²) in [5, 5.41) is 0.356. The number of alkyl halides is 2. The van der Waals surface area contributed by atoms with Crippen LogP contribution in [0.1, 0.15) is 12.0 Å². The number of halogens is 5. The number of rotatable bonds is 1. The molecule has 1 rings (SSSR count). The van der Waals surface area contributed by atoms with Crippen molar-refractivity contribution < 1.29 is 8.78 Å². The van der Waals surface area contributed by atoms with Crippen molar-refractivity contribution in [2.45, 2.75) is 6.43 Å². The van der Waals surface area contributed by atoms with Crippen LogP contribution >= 0.6 is 45.8 Å². The maximum atomic E-state index is 12.2. The van der Waals surface area contributed by atoms with Gasteiger partial charge in [-0.3, -0.25) is 0 Å². The van der Waals surface area contributed by atoms with Gasteiger partial charge in [-0.2, -0.15) is 0 Å². The van der Waals surface area contributed by atoms with Crippen LogP contribution in [0.4, 0.5) is 8.78 Å². The van der Waals surface area contributed by atoms with Gasteiger partial charge in [-0.25, -0.2) is 8.78 Å². The normalized spacial score (nSPS) is 10.8. The van der Waals surface area contributed by atoms with E-state index in [1.165, 1.54) is 12.1 Å². The third-order valence-corrected chi connectivity index (χ3v) is 3.07. The largest absolute Gasteiger partial charge is 0.265 e. The lowest BCUT2D eigenvalue weighted by molar-refractivity contribution is 0.151. The summed E-state index contributed by atoms with van der Waals surface area (Å²) in [4.78, 5) is 0. The molecule has 0 aliphatic heterocycles. The summed E-state index contributed by atoms with van der Waals surface area (Å²) in [7, 11) is 0. The highest BCUT2D eigenvalue weighted by molar-refractivity contribution is 14.1. The summed E-state index contributed by atoms with van der Waals surface area (Å²) in [5.74, 6) is 0. The van der Waals surface area contributed by atoms with Crippen LogP contribution in [-0.4, -0.2) is 0 Å². The van der Waals surface area contributed by atoms with Gasteiger partial charge >= 0.3 is 0 Å². The van der Waals surface area contributed by atoms with E-state index in [9.17, 15) is 8.78 Å². The molecule has 0 aliphatic rings. The minimum absolute atomic E-state index is 0.0787. The Bertz CT molecular complexity index is 302. The quantitative estimate of drug-likeness (QED) is 0.526. The summed E-state index contributed by atoms with van der Waals surface area (Å²) in [6.07, 6.45) is -2.58. The Labute approximate surface area is 92.0 Å². The van der Waals surface area contributed by atoms with Crippen molar-refractivity contribution in [2.24, 2.45) is 0 Å². The molecule has 0 nitrogen and oxygen atoms in total. The average Bonchev–Trinajstić information content (AvgIpc) is 1.96. The van der Waals surface area contributed by atoms with Crippen LogP contribution in [0.25, 0.3) is 0 Å². The Morgan fingerprint density at radius 3 is 2.33 bits per heavy atom. The molecule has 0 atom stereocenters. The molecule has 5 heteroatoms. The predicted octanol–water partition coefficient (Wildman–Crippen LogP) is 4.54. The minimum Gasteiger partial charge on any atom is -0.205 e. The maximum Gasteiger partial charge on any atom is 0.265 e. The van der Waals surface area contributed by atoms with E-state index in [2.05, 4.69) is 0 Å². The molecule has 0 radical (unpaired) electrons. The lowest BCUT2D eigenvalue weighted by atomic mass is 10.2. The van der Waals surface area contributed by atoms with Crippen LogP contribution in [0.15, 0.2) is 12.1 Å². The van der Waals surface area contributed by atoms with E-state index in [1.807, 2.05) is 22.6 Å². The Morgan fingerprint density at radius 1 is 1.25 bits per heavy atom. The summed E-state index contributed by atoms with van der Waals surface area (Å²) in [5.41, 5.74) is -0.214. The molecule has 1 aromatic carbocycles. The lowest BCUT2D eigenvalue weighted by Crippen LogP contribution is -1.88. The first-order valence-electron chi connectivity index (χ1n) is 2.95. The van der Waals surface area contributed by atoms with Crippen molar-refractivity contribution >= 4 is 45.8 Å². The second kappa shape index (κ2) is 4.07. The smallest absolute Gasteiger partial charge is 0.205 e. The molecule has 0 saturated heterocycles. The lowest BCUT2D eigenvalue weighted by Gasteiger charge is -2.05. The molecule has 0 heterocycles. The summed E-state index contributed by atoms with van der Waals surface area (Å²) < 4.78 is 25.0. The van der Waals surface area contributed by atoms with Gasteiger partial charge in [-0.05, 0) is 34.7 Å². The Morgan fingerprint density at radius 2 is 1.83 bits per heavy atom. The van der Waals surface area contributed by atoms with E-state index in [1.54, 1.807) is 0 Å². The van der Waals surface area contributed by atoms with Gasteiger partial charge in [0.1, 0.15) is 0 Å². The number of hydrogen-bond donors (Lipinski definition) is 0. The third kappa shape index (κ3) is 2.20. The van der Waals surface area contributed by atoms with E-state index in [4.69, 9.17) is 23.2 Å². The number of benzene rings is 1. The van der Waals surface area contributed by atoms with Gasteiger partial charge in [0.05, 0.1) is 5.02 Å². The topological polar surface area (TPSA) is 0 Å². The molecule has 0 bridgehead atoms. The zero-order chi connectivity index (χ0) is 9.30. The maximum absolute atomic E-state index is 12.2. The van der Waals surface area contributed by atoms with Gasteiger partial charge in [-0.1, -0.05) is 23.2 Å². The van der Waals surface area contributed by atoms with E-state index in [-0.39, 0.29) is 15.6 Å².